The molecule has 39 heavy (non-hydrogen) atoms. The van der Waals surface area contributed by atoms with E-state index >= 15 is 4.39 Å². The number of nitrogens with zero attached hydrogens (tertiary/aromatic N) is 3. The second kappa shape index (κ2) is 11.8. The lowest BCUT2D eigenvalue weighted by atomic mass is 9.99. The van der Waals surface area contributed by atoms with Crippen LogP contribution in [0, 0.1) is 17.5 Å². The van der Waals surface area contributed by atoms with Crippen molar-refractivity contribution in [3.8, 4) is 11.1 Å². The van der Waals surface area contributed by atoms with Gasteiger partial charge in [-0.15, -0.1) is 0 Å². The fourth-order valence-corrected chi connectivity index (χ4v) is 5.71. The minimum absolute atomic E-state index is 0.0123. The minimum Gasteiger partial charge on any atom is -0.382 e. The van der Waals surface area contributed by atoms with Crippen LogP contribution in [0.1, 0.15) is 42.7 Å². The fourth-order valence-electron chi connectivity index (χ4n) is 5.71. The van der Waals surface area contributed by atoms with E-state index in [1.807, 2.05) is 6.07 Å². The quantitative estimate of drug-likeness (QED) is 0.460. The summed E-state index contributed by atoms with van der Waals surface area (Å²) in [5.74, 6) is -1.78. The molecule has 3 aromatic rings. The van der Waals surface area contributed by atoms with Gasteiger partial charge in [-0.25, -0.2) is 13.2 Å². The molecule has 2 aliphatic heterocycles. The number of piperidine rings is 1. The Morgan fingerprint density at radius 3 is 2.36 bits per heavy atom. The van der Waals surface area contributed by atoms with Crippen LogP contribution in [0.3, 0.4) is 0 Å². The van der Waals surface area contributed by atoms with E-state index in [-0.39, 0.29) is 23.5 Å². The summed E-state index contributed by atoms with van der Waals surface area (Å²) >= 11 is 0. The minimum atomic E-state index is -0.634. The molecule has 2 N–H and O–H groups in total. The second-order valence-electron chi connectivity index (χ2n) is 10.7. The van der Waals surface area contributed by atoms with Crippen LogP contribution in [-0.2, 0) is 6.54 Å². The van der Waals surface area contributed by atoms with Gasteiger partial charge < -0.3 is 15.5 Å². The molecule has 9 heteroatoms. The second-order valence-corrected chi connectivity index (χ2v) is 10.7. The first-order chi connectivity index (χ1) is 18.7. The smallest absolute Gasteiger partial charge is 0.273 e. The van der Waals surface area contributed by atoms with Crippen LogP contribution in [0.15, 0.2) is 54.7 Å². The molecule has 0 aliphatic carbocycles. The van der Waals surface area contributed by atoms with Gasteiger partial charge in [-0.05, 0) is 56.5 Å². The van der Waals surface area contributed by atoms with Crippen LogP contribution in [0.5, 0.6) is 0 Å². The molecule has 206 valence electrons. The highest BCUT2D eigenvalue weighted by Crippen LogP contribution is 2.27. The zero-order valence-corrected chi connectivity index (χ0v) is 22.3. The van der Waals surface area contributed by atoms with E-state index in [1.54, 1.807) is 29.3 Å². The van der Waals surface area contributed by atoms with Crippen molar-refractivity contribution in [1.82, 2.24) is 20.1 Å². The molecule has 0 bridgehead atoms. The molecule has 0 saturated carbocycles. The van der Waals surface area contributed by atoms with Gasteiger partial charge in [-0.3, -0.25) is 14.7 Å². The summed E-state index contributed by atoms with van der Waals surface area (Å²) in [6.45, 7) is 7.46. The average molecular weight is 538 g/mol. The topological polar surface area (TPSA) is 60.5 Å². The summed E-state index contributed by atoms with van der Waals surface area (Å²) in [5.41, 5.74) is 2.50. The maximum Gasteiger partial charge on any atom is 0.273 e. The van der Waals surface area contributed by atoms with Gasteiger partial charge in [0.25, 0.3) is 5.91 Å². The third-order valence-corrected chi connectivity index (χ3v) is 7.42. The predicted molar refractivity (Wildman–Crippen MR) is 146 cm³/mol. The van der Waals surface area contributed by atoms with Gasteiger partial charge in [0.1, 0.15) is 23.1 Å². The normalized spacial score (nSPS) is 20.7. The van der Waals surface area contributed by atoms with Gasteiger partial charge in [0, 0.05) is 79.9 Å². The molecule has 0 spiro atoms. The van der Waals surface area contributed by atoms with Gasteiger partial charge in [0.05, 0.1) is 0 Å². The van der Waals surface area contributed by atoms with E-state index in [0.29, 0.717) is 66.9 Å². The molecule has 0 unspecified atom stereocenters. The van der Waals surface area contributed by atoms with Gasteiger partial charge in [0.2, 0.25) is 0 Å². The van der Waals surface area contributed by atoms with Crippen molar-refractivity contribution in [2.45, 2.75) is 51.4 Å². The first kappa shape index (κ1) is 27.1. The van der Waals surface area contributed by atoms with Crippen LogP contribution in [0.25, 0.3) is 11.1 Å². The Morgan fingerprint density at radius 2 is 1.69 bits per heavy atom. The molecule has 6 nitrogen and oxygen atoms in total. The van der Waals surface area contributed by atoms with Crippen LogP contribution in [-0.4, -0.2) is 65.0 Å². The van der Waals surface area contributed by atoms with Gasteiger partial charge in [0.15, 0.2) is 0 Å². The number of anilines is 1. The summed E-state index contributed by atoms with van der Waals surface area (Å²) in [6.07, 6.45) is 2.82. The summed E-state index contributed by atoms with van der Waals surface area (Å²) < 4.78 is 42.3. The van der Waals surface area contributed by atoms with Crippen molar-refractivity contribution in [3.05, 3.63) is 83.4 Å². The number of hydrogen-bond donors (Lipinski definition) is 2. The van der Waals surface area contributed by atoms with Gasteiger partial charge >= 0.3 is 0 Å². The largest absolute Gasteiger partial charge is 0.382 e. The number of pyridine rings is 1. The number of halogens is 3. The number of aromatic nitrogens is 1. The predicted octanol–water partition coefficient (Wildman–Crippen LogP) is 5.06. The summed E-state index contributed by atoms with van der Waals surface area (Å²) in [6, 6.07) is 12.7. The van der Waals surface area contributed by atoms with Crippen LogP contribution < -0.4 is 10.6 Å². The van der Waals surface area contributed by atoms with E-state index in [1.165, 1.54) is 18.2 Å². The Kier molecular flexibility index (Phi) is 8.18. The first-order valence-electron chi connectivity index (χ1n) is 13.5. The molecule has 3 heterocycles. The highest BCUT2D eigenvalue weighted by Gasteiger charge is 2.27. The van der Waals surface area contributed by atoms with E-state index in [2.05, 4.69) is 34.4 Å². The highest BCUT2D eigenvalue weighted by atomic mass is 19.1. The Labute approximate surface area is 227 Å². The number of piperazine rings is 1. The van der Waals surface area contributed by atoms with Crippen LogP contribution in [0.2, 0.25) is 0 Å². The molecule has 1 amide bonds. The molecular weight excluding hydrogens is 503 g/mol. The summed E-state index contributed by atoms with van der Waals surface area (Å²) in [5, 5.41) is 6.65. The molecule has 2 fully saturated rings. The van der Waals surface area contributed by atoms with E-state index in [4.69, 9.17) is 0 Å². The third kappa shape index (κ3) is 6.59. The lowest BCUT2D eigenvalue weighted by Crippen LogP contribution is -2.53. The molecule has 2 saturated heterocycles. The van der Waals surface area contributed by atoms with E-state index < -0.39 is 11.6 Å². The highest BCUT2D eigenvalue weighted by molar-refractivity contribution is 5.99. The SMILES string of the molecule is C[C@@H]1CN(Cc2ccc(-c3cccnc3C(=O)N3CCC(Nc4cc(F)cc(F)c4)CC3)cc2F)C[C@H](C)N1. The van der Waals surface area contributed by atoms with Crippen molar-refractivity contribution < 1.29 is 18.0 Å². The third-order valence-electron chi connectivity index (χ3n) is 7.42. The van der Waals surface area contributed by atoms with Crippen molar-refractivity contribution in [2.24, 2.45) is 0 Å². The Balaban J connectivity index is 1.25. The zero-order chi connectivity index (χ0) is 27.5. The number of amides is 1. The van der Waals surface area contributed by atoms with Crippen LogP contribution >= 0.6 is 0 Å². The average Bonchev–Trinajstić information content (AvgIpc) is 2.89. The van der Waals surface area contributed by atoms with E-state index in [9.17, 15) is 13.6 Å². The maximum absolute atomic E-state index is 15.2. The lowest BCUT2D eigenvalue weighted by Gasteiger charge is -2.36. The number of nitrogens with one attached hydrogen (secondary N) is 2. The number of carbonyl (C=O) groups excluding carboxylic acids is 1. The fraction of sp³-hybridized carbons (Fsp3) is 0.400. The number of benzene rings is 2. The molecular formula is C30H34F3N5O. The molecule has 2 atom stereocenters. The number of rotatable bonds is 6. The van der Waals surface area contributed by atoms with Crippen molar-refractivity contribution in [2.75, 3.05) is 31.5 Å². The van der Waals surface area contributed by atoms with Crippen molar-refractivity contribution >= 4 is 11.6 Å². The summed E-state index contributed by atoms with van der Waals surface area (Å²) in [7, 11) is 0. The molecule has 1 aromatic heterocycles. The molecule has 2 aromatic carbocycles. The Hall–Kier alpha value is -3.43. The van der Waals surface area contributed by atoms with Crippen LogP contribution in [0.4, 0.5) is 18.9 Å². The molecule has 2 aliphatic rings. The molecule has 0 radical (unpaired) electrons. The first-order valence-corrected chi connectivity index (χ1v) is 13.5. The van der Waals surface area contributed by atoms with Crippen molar-refractivity contribution in [1.29, 1.82) is 0 Å². The Bertz CT molecular complexity index is 1300. The Morgan fingerprint density at radius 1 is 1.00 bits per heavy atom. The van der Waals surface area contributed by atoms with Gasteiger partial charge in [-0.2, -0.15) is 0 Å². The van der Waals surface area contributed by atoms with Crippen molar-refractivity contribution in [3.63, 3.8) is 0 Å². The van der Waals surface area contributed by atoms with Gasteiger partial charge in [-0.1, -0.05) is 18.2 Å². The standard InChI is InChI=1S/C30H34F3N5O/c1-19-16-37(17-20(2)35-19)18-22-6-5-21(12-28(22)33)27-4-3-9-34-29(27)30(39)38-10-7-25(8-11-38)36-26-14-23(31)13-24(32)15-26/h3-6,9,12-15,19-20,25,35-36H,7-8,10-11,16-18H2,1-2H3/t19-,20+. The molecule has 5 rings (SSSR count). The summed E-state index contributed by atoms with van der Waals surface area (Å²) in [4.78, 5) is 21.8. The lowest BCUT2D eigenvalue weighted by molar-refractivity contribution is 0.0713. The maximum atomic E-state index is 15.2. The number of likely N-dealkylation sites (tertiary alicyclic amines) is 1. The monoisotopic (exact) mass is 537 g/mol. The van der Waals surface area contributed by atoms with E-state index in [0.717, 1.165) is 19.2 Å². The zero-order valence-electron chi connectivity index (χ0n) is 22.3. The number of hydrogen-bond acceptors (Lipinski definition) is 5. The number of carbonyl (C=O) groups is 1.